The van der Waals surface area contributed by atoms with Crippen molar-refractivity contribution < 1.29 is 29.3 Å². The fourth-order valence-electron chi connectivity index (χ4n) is 2.47. The summed E-state index contributed by atoms with van der Waals surface area (Å²) in [6.45, 7) is 0. The molecule has 1 aromatic rings. The van der Waals surface area contributed by atoms with Gasteiger partial charge in [-0.1, -0.05) is 30.3 Å². The van der Waals surface area contributed by atoms with Crippen LogP contribution in [-0.4, -0.2) is 47.6 Å². The normalized spacial score (nSPS) is 23.8. The predicted molar refractivity (Wildman–Crippen MR) is 81.4 cm³/mol. The van der Waals surface area contributed by atoms with E-state index in [0.717, 1.165) is 5.56 Å². The Morgan fingerprint density at radius 2 is 1.91 bits per heavy atom. The van der Waals surface area contributed by atoms with E-state index < -0.39 is 30.3 Å². The van der Waals surface area contributed by atoms with Crippen LogP contribution >= 0.6 is 0 Å². The van der Waals surface area contributed by atoms with Crippen molar-refractivity contribution in [3.8, 4) is 0 Å². The summed E-state index contributed by atoms with van der Waals surface area (Å²) < 4.78 is 9.72. The Hall–Kier alpha value is -2.18. The van der Waals surface area contributed by atoms with Gasteiger partial charge >= 0.3 is 11.9 Å². The quantitative estimate of drug-likeness (QED) is 0.778. The first-order valence-corrected chi connectivity index (χ1v) is 7.40. The van der Waals surface area contributed by atoms with E-state index in [9.17, 15) is 19.8 Å². The number of aliphatic hydroxyl groups is 2. The molecule has 6 nitrogen and oxygen atoms in total. The Kier molecular flexibility index (Phi) is 5.90. The zero-order chi connectivity index (χ0) is 16.8. The van der Waals surface area contributed by atoms with E-state index in [0.29, 0.717) is 6.42 Å². The van der Waals surface area contributed by atoms with Gasteiger partial charge in [0.15, 0.2) is 6.10 Å². The van der Waals surface area contributed by atoms with E-state index in [1.165, 1.54) is 13.2 Å². The molecule has 6 heteroatoms. The second-order valence-electron chi connectivity index (χ2n) is 5.39. The molecule has 1 aliphatic rings. The molecule has 0 unspecified atom stereocenters. The van der Waals surface area contributed by atoms with Crippen LogP contribution in [0.3, 0.4) is 0 Å². The highest BCUT2D eigenvalue weighted by molar-refractivity contribution is 5.88. The van der Waals surface area contributed by atoms with Crippen LogP contribution in [0.4, 0.5) is 0 Å². The molecule has 0 aromatic heterocycles. The molecule has 0 saturated carbocycles. The summed E-state index contributed by atoms with van der Waals surface area (Å²) in [5.41, 5.74) is 1.17. The minimum absolute atomic E-state index is 0.0274. The van der Waals surface area contributed by atoms with E-state index in [1.54, 1.807) is 0 Å². The Labute approximate surface area is 134 Å². The number of hydrogen-bond donors (Lipinski definition) is 2. The summed E-state index contributed by atoms with van der Waals surface area (Å²) in [5, 5.41) is 20.0. The smallest absolute Gasteiger partial charge is 0.333 e. The molecule has 124 valence electrons. The van der Waals surface area contributed by atoms with E-state index >= 15 is 0 Å². The van der Waals surface area contributed by atoms with Crippen molar-refractivity contribution in [2.45, 2.75) is 37.6 Å². The predicted octanol–water partition coefficient (Wildman–Crippen LogP) is 0.756. The number of carbonyl (C=O) groups is 2. The van der Waals surface area contributed by atoms with Crippen LogP contribution in [0.5, 0.6) is 0 Å². The van der Waals surface area contributed by atoms with Gasteiger partial charge in [-0.15, -0.1) is 0 Å². The minimum atomic E-state index is -1.24. The van der Waals surface area contributed by atoms with Crippen LogP contribution < -0.4 is 0 Å². The maximum atomic E-state index is 11.9. The summed E-state index contributed by atoms with van der Waals surface area (Å²) in [4.78, 5) is 23.3. The molecule has 0 amide bonds. The van der Waals surface area contributed by atoms with Crippen LogP contribution in [0, 0.1) is 0 Å². The van der Waals surface area contributed by atoms with Crippen LogP contribution in [0.25, 0.3) is 0 Å². The van der Waals surface area contributed by atoms with E-state index in [4.69, 9.17) is 4.74 Å². The number of benzene rings is 1. The second kappa shape index (κ2) is 7.89. The first kappa shape index (κ1) is 17.2. The van der Waals surface area contributed by atoms with Crippen molar-refractivity contribution in [3.05, 3.63) is 47.5 Å². The van der Waals surface area contributed by atoms with Gasteiger partial charge in [0.1, 0.15) is 6.10 Å². The maximum absolute atomic E-state index is 11.9. The van der Waals surface area contributed by atoms with Gasteiger partial charge in [0.2, 0.25) is 0 Å². The molecule has 0 radical (unpaired) electrons. The number of aliphatic hydroxyl groups excluding tert-OH is 2. The number of esters is 2. The van der Waals surface area contributed by atoms with Crippen molar-refractivity contribution in [1.82, 2.24) is 0 Å². The first-order chi connectivity index (χ1) is 11.0. The van der Waals surface area contributed by atoms with Gasteiger partial charge in [-0.05, 0) is 18.1 Å². The fraction of sp³-hybridized carbons (Fsp3) is 0.412. The third-order valence-corrected chi connectivity index (χ3v) is 3.69. The van der Waals surface area contributed by atoms with Crippen LogP contribution in [-0.2, 0) is 25.5 Å². The Balaban J connectivity index is 1.90. The minimum Gasteiger partial charge on any atom is -0.466 e. The number of rotatable bonds is 5. The monoisotopic (exact) mass is 320 g/mol. The lowest BCUT2D eigenvalue weighted by molar-refractivity contribution is -0.163. The maximum Gasteiger partial charge on any atom is 0.333 e. The third-order valence-electron chi connectivity index (χ3n) is 3.69. The molecule has 23 heavy (non-hydrogen) atoms. The SMILES string of the molecule is COC(=O)C1=C[C@@H](O)[C@@H](OC(=O)CCc2ccccc2)[C@H](O)C1. The van der Waals surface area contributed by atoms with Gasteiger partial charge in [-0.3, -0.25) is 4.79 Å². The van der Waals surface area contributed by atoms with E-state index in [-0.39, 0.29) is 18.4 Å². The lowest BCUT2D eigenvalue weighted by Gasteiger charge is -2.30. The highest BCUT2D eigenvalue weighted by Crippen LogP contribution is 2.23. The molecule has 0 bridgehead atoms. The molecule has 0 fully saturated rings. The molecule has 1 aliphatic carbocycles. The van der Waals surface area contributed by atoms with Gasteiger partial charge in [0.25, 0.3) is 0 Å². The number of carbonyl (C=O) groups excluding carboxylic acids is 2. The number of aryl methyl sites for hydroxylation is 1. The lowest BCUT2D eigenvalue weighted by Crippen LogP contribution is -2.44. The van der Waals surface area contributed by atoms with Gasteiger partial charge in [0, 0.05) is 18.4 Å². The van der Waals surface area contributed by atoms with E-state index in [1.807, 2.05) is 30.3 Å². The molecule has 2 rings (SSSR count). The standard InChI is InChI=1S/C17H20O6/c1-22-17(21)12-9-13(18)16(14(19)10-12)23-15(20)8-7-11-5-3-2-4-6-11/h2-6,9,13-14,16,18-19H,7-8,10H2,1H3/t13-,14-,16-/m1/s1. The molecule has 0 aliphatic heterocycles. The van der Waals surface area contributed by atoms with Crippen LogP contribution in [0.1, 0.15) is 18.4 Å². The zero-order valence-corrected chi connectivity index (χ0v) is 12.8. The molecular weight excluding hydrogens is 300 g/mol. The second-order valence-corrected chi connectivity index (χ2v) is 5.39. The summed E-state index contributed by atoms with van der Waals surface area (Å²) >= 11 is 0. The molecular formula is C17H20O6. The number of hydrogen-bond acceptors (Lipinski definition) is 6. The van der Waals surface area contributed by atoms with Crippen molar-refractivity contribution in [2.24, 2.45) is 0 Å². The van der Waals surface area contributed by atoms with Gasteiger partial charge in [-0.25, -0.2) is 4.79 Å². The van der Waals surface area contributed by atoms with E-state index in [2.05, 4.69) is 4.74 Å². The Morgan fingerprint density at radius 3 is 2.52 bits per heavy atom. The first-order valence-electron chi connectivity index (χ1n) is 7.40. The molecule has 0 spiro atoms. The van der Waals surface area contributed by atoms with Gasteiger partial charge < -0.3 is 19.7 Å². The highest BCUT2D eigenvalue weighted by Gasteiger charge is 2.36. The highest BCUT2D eigenvalue weighted by atomic mass is 16.6. The molecule has 0 heterocycles. The van der Waals surface area contributed by atoms with Gasteiger partial charge in [-0.2, -0.15) is 0 Å². The van der Waals surface area contributed by atoms with Crippen LogP contribution in [0.2, 0.25) is 0 Å². The zero-order valence-electron chi connectivity index (χ0n) is 12.8. The molecule has 1 aromatic carbocycles. The summed E-state index contributed by atoms with van der Waals surface area (Å²) in [7, 11) is 1.22. The summed E-state index contributed by atoms with van der Waals surface area (Å²) in [6.07, 6.45) is -1.58. The Morgan fingerprint density at radius 1 is 1.22 bits per heavy atom. The lowest BCUT2D eigenvalue weighted by atomic mass is 9.92. The fourth-order valence-corrected chi connectivity index (χ4v) is 2.47. The van der Waals surface area contributed by atoms with Crippen molar-refractivity contribution in [2.75, 3.05) is 7.11 Å². The van der Waals surface area contributed by atoms with Gasteiger partial charge in [0.05, 0.1) is 13.2 Å². The average Bonchev–Trinajstić information content (AvgIpc) is 2.56. The van der Waals surface area contributed by atoms with Crippen molar-refractivity contribution in [3.63, 3.8) is 0 Å². The van der Waals surface area contributed by atoms with Crippen molar-refractivity contribution >= 4 is 11.9 Å². The Bertz CT molecular complexity index is 580. The molecule has 0 saturated heterocycles. The van der Waals surface area contributed by atoms with Crippen molar-refractivity contribution in [1.29, 1.82) is 0 Å². The number of ether oxygens (including phenoxy) is 2. The average molecular weight is 320 g/mol. The summed E-state index contributed by atoms with van der Waals surface area (Å²) in [6, 6.07) is 9.47. The van der Waals surface area contributed by atoms with Crippen LogP contribution in [0.15, 0.2) is 42.0 Å². The molecule has 3 atom stereocenters. The largest absolute Gasteiger partial charge is 0.466 e. The third kappa shape index (κ3) is 4.64. The summed E-state index contributed by atoms with van der Waals surface area (Å²) in [5.74, 6) is -1.12. The topological polar surface area (TPSA) is 93.1 Å². The molecule has 2 N–H and O–H groups in total. The number of methoxy groups -OCH3 is 1.